The van der Waals surface area contributed by atoms with Crippen LogP contribution < -0.4 is 4.90 Å². The van der Waals surface area contributed by atoms with Crippen molar-refractivity contribution in [3.63, 3.8) is 0 Å². The summed E-state index contributed by atoms with van der Waals surface area (Å²) in [4.78, 5) is 12.7. The maximum absolute atomic E-state index is 11.1. The lowest BCUT2D eigenvalue weighted by Crippen LogP contribution is -2.46. The molecule has 0 saturated heterocycles. The van der Waals surface area contributed by atoms with Gasteiger partial charge in [-0.15, -0.1) is 5.10 Å². The Hall–Kier alpha value is -2.16. The number of carboxylic acid groups (broad SMARTS) is 1. The molecule has 0 atom stereocenters. The van der Waals surface area contributed by atoms with Gasteiger partial charge in [-0.25, -0.2) is 0 Å². The summed E-state index contributed by atoms with van der Waals surface area (Å²) in [6.07, 6.45) is 1.36. The lowest BCUT2D eigenvalue weighted by Gasteiger charge is -2.35. The Bertz CT molecular complexity index is 570. The number of anilines is 1. The summed E-state index contributed by atoms with van der Waals surface area (Å²) in [7, 11) is 0. The number of nitrogens with zero attached hydrogens (tertiary/aromatic N) is 4. The topological polar surface area (TPSA) is 90.1 Å². The molecule has 21 heavy (non-hydrogen) atoms. The lowest BCUT2D eigenvalue weighted by molar-refractivity contribution is -0.135. The van der Waals surface area contributed by atoms with Crippen LogP contribution in [0.15, 0.2) is 0 Å². The van der Waals surface area contributed by atoms with Crippen LogP contribution in [0.3, 0.4) is 0 Å². The predicted octanol–water partition coefficient (Wildman–Crippen LogP) is 2.16. The van der Waals surface area contributed by atoms with Crippen LogP contribution in [0, 0.1) is 11.3 Å². The molecular formula is C15H22N4O2. The van der Waals surface area contributed by atoms with Crippen molar-refractivity contribution in [2.75, 3.05) is 11.4 Å². The molecule has 114 valence electrons. The van der Waals surface area contributed by atoms with Crippen molar-refractivity contribution in [2.24, 2.45) is 0 Å². The Kier molecular flexibility index (Phi) is 5.25. The Balaban J connectivity index is 3.52. The van der Waals surface area contributed by atoms with Crippen molar-refractivity contribution in [3.8, 4) is 6.07 Å². The van der Waals surface area contributed by atoms with Gasteiger partial charge in [-0.05, 0) is 39.2 Å². The van der Waals surface area contributed by atoms with Gasteiger partial charge in [-0.2, -0.15) is 10.4 Å². The first-order valence-corrected chi connectivity index (χ1v) is 7.04. The Morgan fingerprint density at radius 3 is 2.29 bits per heavy atom. The molecule has 0 aromatic carbocycles. The average molecular weight is 290 g/mol. The van der Waals surface area contributed by atoms with Crippen LogP contribution >= 0.6 is 0 Å². The molecule has 1 N–H and O–H groups in total. The maximum atomic E-state index is 11.1. The van der Waals surface area contributed by atoms with E-state index in [1.165, 1.54) is 0 Å². The summed E-state index contributed by atoms with van der Waals surface area (Å²) in [5.41, 5.74) is 1.60. The number of aryl methyl sites for hydroxylation is 1. The first kappa shape index (κ1) is 16.9. The molecule has 0 radical (unpaired) electrons. The van der Waals surface area contributed by atoms with Crippen molar-refractivity contribution in [3.05, 3.63) is 16.8 Å². The second kappa shape index (κ2) is 6.53. The smallest absolute Gasteiger partial charge is 0.323 e. The van der Waals surface area contributed by atoms with Gasteiger partial charge in [0.1, 0.15) is 18.2 Å². The number of hydrogen-bond donors (Lipinski definition) is 1. The van der Waals surface area contributed by atoms with Crippen LogP contribution in [0.4, 0.5) is 5.82 Å². The fourth-order valence-electron chi connectivity index (χ4n) is 2.23. The minimum Gasteiger partial charge on any atom is -0.480 e. The SMILES string of the molecule is CCc1nnc(N(CC(=O)O)C(C)(C)C)c(C#N)c1CC. The molecular weight excluding hydrogens is 268 g/mol. The van der Waals surface area contributed by atoms with Crippen LogP contribution in [0.5, 0.6) is 0 Å². The zero-order chi connectivity index (χ0) is 16.2. The third-order valence-corrected chi connectivity index (χ3v) is 3.30. The molecule has 0 saturated carbocycles. The van der Waals surface area contributed by atoms with Crippen molar-refractivity contribution in [1.82, 2.24) is 10.2 Å². The highest BCUT2D eigenvalue weighted by atomic mass is 16.4. The third kappa shape index (κ3) is 3.69. The average Bonchev–Trinajstić information content (AvgIpc) is 2.41. The van der Waals surface area contributed by atoms with E-state index >= 15 is 0 Å². The highest BCUT2D eigenvalue weighted by molar-refractivity contribution is 5.75. The van der Waals surface area contributed by atoms with Gasteiger partial charge in [0.05, 0.1) is 5.69 Å². The summed E-state index contributed by atoms with van der Waals surface area (Å²) in [6.45, 7) is 9.36. The van der Waals surface area contributed by atoms with E-state index in [1.54, 1.807) is 4.90 Å². The summed E-state index contributed by atoms with van der Waals surface area (Å²) in [6, 6.07) is 2.18. The largest absolute Gasteiger partial charge is 0.480 e. The number of carboxylic acids is 1. The quantitative estimate of drug-likeness (QED) is 0.893. The number of rotatable bonds is 5. The number of carbonyl (C=O) groups is 1. The zero-order valence-corrected chi connectivity index (χ0v) is 13.3. The van der Waals surface area contributed by atoms with Crippen LogP contribution in [0.2, 0.25) is 0 Å². The summed E-state index contributed by atoms with van der Waals surface area (Å²) >= 11 is 0. The van der Waals surface area contributed by atoms with E-state index in [4.69, 9.17) is 5.11 Å². The molecule has 0 fully saturated rings. The Morgan fingerprint density at radius 1 is 1.29 bits per heavy atom. The van der Waals surface area contributed by atoms with E-state index in [-0.39, 0.29) is 6.54 Å². The molecule has 1 aromatic rings. The van der Waals surface area contributed by atoms with Crippen molar-refractivity contribution in [2.45, 2.75) is 53.0 Å². The molecule has 6 nitrogen and oxygen atoms in total. The van der Waals surface area contributed by atoms with E-state index in [0.29, 0.717) is 24.2 Å². The van der Waals surface area contributed by atoms with Crippen LogP contribution in [0.25, 0.3) is 0 Å². The maximum Gasteiger partial charge on any atom is 0.323 e. The molecule has 6 heteroatoms. The summed E-state index contributed by atoms with van der Waals surface area (Å²) in [5, 5.41) is 27.0. The number of nitriles is 1. The van der Waals surface area contributed by atoms with Crippen LogP contribution in [0.1, 0.15) is 51.4 Å². The van der Waals surface area contributed by atoms with E-state index < -0.39 is 11.5 Å². The molecule has 0 aliphatic rings. The van der Waals surface area contributed by atoms with Gasteiger partial charge in [-0.1, -0.05) is 13.8 Å². The van der Waals surface area contributed by atoms with Crippen molar-refractivity contribution >= 4 is 11.8 Å². The molecule has 1 aromatic heterocycles. The molecule has 0 bridgehead atoms. The first-order valence-electron chi connectivity index (χ1n) is 7.04. The molecule has 1 rings (SSSR count). The van der Waals surface area contributed by atoms with Crippen LogP contribution in [-0.2, 0) is 17.6 Å². The fraction of sp³-hybridized carbons (Fsp3) is 0.600. The number of aromatic nitrogens is 2. The minimum atomic E-state index is -0.965. The Morgan fingerprint density at radius 2 is 1.90 bits per heavy atom. The summed E-state index contributed by atoms with van der Waals surface area (Å²) in [5.74, 6) is -0.616. The monoisotopic (exact) mass is 290 g/mol. The number of hydrogen-bond acceptors (Lipinski definition) is 5. The standard InChI is InChI=1S/C15H22N4O2/c1-6-10-11(8-16)14(18-17-12(10)7-2)19(9-13(20)21)15(3,4)5/h6-7,9H2,1-5H3,(H,20,21). The van der Waals surface area contributed by atoms with Gasteiger partial charge >= 0.3 is 5.97 Å². The molecule has 0 aliphatic heterocycles. The van der Waals surface area contributed by atoms with E-state index in [9.17, 15) is 10.1 Å². The fourth-order valence-corrected chi connectivity index (χ4v) is 2.23. The zero-order valence-electron chi connectivity index (χ0n) is 13.3. The summed E-state index contributed by atoms with van der Waals surface area (Å²) < 4.78 is 0. The lowest BCUT2D eigenvalue weighted by atomic mass is 10.0. The van der Waals surface area contributed by atoms with E-state index in [1.807, 2.05) is 34.6 Å². The van der Waals surface area contributed by atoms with Gasteiger partial charge < -0.3 is 10.0 Å². The minimum absolute atomic E-state index is 0.221. The van der Waals surface area contributed by atoms with Gasteiger partial charge in [-0.3, -0.25) is 4.79 Å². The molecule has 0 spiro atoms. The molecule has 0 unspecified atom stereocenters. The first-order chi connectivity index (χ1) is 9.76. The molecule has 0 aliphatic carbocycles. The highest BCUT2D eigenvalue weighted by Gasteiger charge is 2.29. The van der Waals surface area contributed by atoms with Gasteiger partial charge in [0.2, 0.25) is 0 Å². The van der Waals surface area contributed by atoms with Gasteiger partial charge in [0.15, 0.2) is 5.82 Å². The molecule has 0 amide bonds. The third-order valence-electron chi connectivity index (χ3n) is 3.30. The highest BCUT2D eigenvalue weighted by Crippen LogP contribution is 2.28. The second-order valence-corrected chi connectivity index (χ2v) is 5.79. The van der Waals surface area contributed by atoms with Gasteiger partial charge in [0.25, 0.3) is 0 Å². The second-order valence-electron chi connectivity index (χ2n) is 5.79. The molecule has 1 heterocycles. The Labute approximate surface area is 125 Å². The normalized spacial score (nSPS) is 11.0. The van der Waals surface area contributed by atoms with Crippen LogP contribution in [-0.4, -0.2) is 33.4 Å². The van der Waals surface area contributed by atoms with E-state index in [0.717, 1.165) is 11.3 Å². The van der Waals surface area contributed by atoms with Crippen molar-refractivity contribution < 1.29 is 9.90 Å². The predicted molar refractivity (Wildman–Crippen MR) is 80.2 cm³/mol. The van der Waals surface area contributed by atoms with Gasteiger partial charge in [0, 0.05) is 5.54 Å². The number of aliphatic carboxylic acids is 1. The van der Waals surface area contributed by atoms with E-state index in [2.05, 4.69) is 16.3 Å². The van der Waals surface area contributed by atoms with Crippen molar-refractivity contribution in [1.29, 1.82) is 5.26 Å².